The number of fused-ring (bicyclic) bond motifs is 1. The van der Waals surface area contributed by atoms with Crippen LogP contribution >= 0.6 is 0 Å². The molecular formula is C38H52O14. The molecular weight excluding hydrogens is 680 g/mol. The fourth-order valence-electron chi connectivity index (χ4n) is 8.32. The molecule has 1 heterocycles. The summed E-state index contributed by atoms with van der Waals surface area (Å²) in [7, 11) is 0. The van der Waals surface area contributed by atoms with Crippen LogP contribution in [0.5, 0.6) is 0 Å². The molecule has 2 aliphatic carbocycles. The van der Waals surface area contributed by atoms with Gasteiger partial charge in [0.2, 0.25) is 0 Å². The molecule has 1 saturated heterocycles. The van der Waals surface area contributed by atoms with Crippen molar-refractivity contribution in [1.29, 1.82) is 0 Å². The van der Waals surface area contributed by atoms with Crippen molar-refractivity contribution in [2.24, 2.45) is 23.2 Å². The van der Waals surface area contributed by atoms with Crippen LogP contribution in [0.15, 0.2) is 30.3 Å². The fourth-order valence-corrected chi connectivity index (χ4v) is 8.32. The minimum Gasteiger partial charge on any atom is -0.464 e. The molecule has 4 rings (SSSR count). The van der Waals surface area contributed by atoms with E-state index in [0.717, 1.165) is 20.8 Å². The highest BCUT2D eigenvalue weighted by atomic mass is 16.7. The smallest absolute Gasteiger partial charge is 0.338 e. The van der Waals surface area contributed by atoms with Crippen LogP contribution in [0.2, 0.25) is 0 Å². The molecule has 1 aromatic carbocycles. The van der Waals surface area contributed by atoms with Crippen LogP contribution in [-0.2, 0) is 57.1 Å². The van der Waals surface area contributed by atoms with E-state index in [-0.39, 0.29) is 5.56 Å². The van der Waals surface area contributed by atoms with Gasteiger partial charge in [-0.15, -0.1) is 0 Å². The van der Waals surface area contributed by atoms with Crippen LogP contribution in [0.25, 0.3) is 0 Å². The summed E-state index contributed by atoms with van der Waals surface area (Å²) in [6.07, 6.45) is -7.61. The Kier molecular flexibility index (Phi) is 11.9. The van der Waals surface area contributed by atoms with Crippen molar-refractivity contribution >= 4 is 35.8 Å². The Labute approximate surface area is 304 Å². The lowest BCUT2D eigenvalue weighted by atomic mass is 9.45. The van der Waals surface area contributed by atoms with Crippen LogP contribution in [0.1, 0.15) is 98.9 Å². The van der Waals surface area contributed by atoms with Crippen LogP contribution in [0, 0.1) is 23.2 Å². The Balaban J connectivity index is 2.20. The Morgan fingerprint density at radius 3 is 1.85 bits per heavy atom. The molecule has 1 N–H and O–H groups in total. The van der Waals surface area contributed by atoms with E-state index < -0.39 is 119 Å². The molecule has 52 heavy (non-hydrogen) atoms. The summed E-state index contributed by atoms with van der Waals surface area (Å²) < 4.78 is 43.5. The van der Waals surface area contributed by atoms with Gasteiger partial charge in [0.15, 0.2) is 17.8 Å². The summed E-state index contributed by atoms with van der Waals surface area (Å²) in [5.41, 5.74) is -8.01. The Morgan fingerprint density at radius 1 is 0.769 bits per heavy atom. The summed E-state index contributed by atoms with van der Waals surface area (Å²) in [5.74, 6) is -7.20. The minimum atomic E-state index is -2.28. The third kappa shape index (κ3) is 7.03. The van der Waals surface area contributed by atoms with E-state index in [0.29, 0.717) is 12.8 Å². The Hall–Kier alpha value is -4.04. The second-order valence-corrected chi connectivity index (χ2v) is 15.0. The van der Waals surface area contributed by atoms with Gasteiger partial charge in [-0.25, -0.2) is 4.79 Å². The maximum atomic E-state index is 14.2. The maximum Gasteiger partial charge on any atom is 0.338 e. The van der Waals surface area contributed by atoms with E-state index in [1.807, 2.05) is 0 Å². The predicted molar refractivity (Wildman–Crippen MR) is 181 cm³/mol. The predicted octanol–water partition coefficient (Wildman–Crippen LogP) is 3.87. The number of esters is 6. The molecule has 0 radical (unpaired) electrons. The molecule has 2 bridgehead atoms. The van der Waals surface area contributed by atoms with E-state index in [4.69, 9.17) is 33.2 Å². The zero-order chi connectivity index (χ0) is 39.0. The molecule has 1 aromatic rings. The van der Waals surface area contributed by atoms with E-state index >= 15 is 0 Å². The molecule has 0 amide bonds. The zero-order valence-corrected chi connectivity index (χ0v) is 31.6. The number of hydrogen-bond donors (Lipinski definition) is 1. The van der Waals surface area contributed by atoms with Gasteiger partial charge < -0.3 is 38.3 Å². The van der Waals surface area contributed by atoms with Gasteiger partial charge in [-0.3, -0.25) is 24.0 Å². The number of carbonyl (C=O) groups excluding carboxylic acids is 6. The van der Waals surface area contributed by atoms with Crippen molar-refractivity contribution in [3.63, 3.8) is 0 Å². The SMILES string of the molecule is CCC(C)C(=O)OCC12C(OC(C)=O)C(OC(C)=O)CC(C)(O)C13OC(C)(C)C(C(OC(=O)C(C)CC)C2OC(=O)c1ccccc1)C3OC(C)=O. The second kappa shape index (κ2) is 15.1. The first-order valence-electron chi connectivity index (χ1n) is 17.8. The first kappa shape index (κ1) is 40.7. The number of hydrogen-bond acceptors (Lipinski definition) is 14. The second-order valence-electron chi connectivity index (χ2n) is 15.0. The van der Waals surface area contributed by atoms with Crippen LogP contribution in [0.4, 0.5) is 0 Å². The number of benzene rings is 1. The number of aliphatic hydroxyl groups is 1. The van der Waals surface area contributed by atoms with Gasteiger partial charge in [-0.2, -0.15) is 0 Å². The highest BCUT2D eigenvalue weighted by molar-refractivity contribution is 5.89. The average molecular weight is 733 g/mol. The van der Waals surface area contributed by atoms with Gasteiger partial charge in [0.25, 0.3) is 0 Å². The van der Waals surface area contributed by atoms with Gasteiger partial charge in [0, 0.05) is 27.2 Å². The average Bonchev–Trinajstić information content (AvgIpc) is 3.26. The van der Waals surface area contributed by atoms with Crippen molar-refractivity contribution in [1.82, 2.24) is 0 Å². The lowest BCUT2D eigenvalue weighted by Crippen LogP contribution is -2.85. The molecule has 14 nitrogen and oxygen atoms in total. The van der Waals surface area contributed by atoms with Gasteiger partial charge in [-0.05, 0) is 45.7 Å². The normalized spacial score (nSPS) is 34.1. The van der Waals surface area contributed by atoms with Crippen molar-refractivity contribution in [3.05, 3.63) is 35.9 Å². The lowest BCUT2D eigenvalue weighted by Gasteiger charge is -2.66. The molecule has 3 aliphatic rings. The van der Waals surface area contributed by atoms with Crippen molar-refractivity contribution in [2.45, 2.75) is 136 Å². The van der Waals surface area contributed by atoms with Gasteiger partial charge >= 0.3 is 35.8 Å². The third-order valence-corrected chi connectivity index (χ3v) is 10.9. The maximum absolute atomic E-state index is 14.2. The summed E-state index contributed by atoms with van der Waals surface area (Å²) in [5, 5.41) is 12.8. The number of carbonyl (C=O) groups is 6. The lowest BCUT2D eigenvalue weighted by molar-refractivity contribution is -0.363. The van der Waals surface area contributed by atoms with Gasteiger partial charge in [-0.1, -0.05) is 45.9 Å². The standard InChI is InChI=1S/C38H52O14/c1-11-20(3)32(42)46-19-37-29(48-23(6)40)26(47-22(5)39)18-36(10,45)38(37)30(49-24(7)41)27(35(8,9)52-38)28(50-33(43)21(4)12-2)31(37)51-34(44)25-16-14-13-15-17-25/h13-17,20-21,26-31,45H,11-12,18-19H2,1-10H3. The van der Waals surface area contributed by atoms with Crippen molar-refractivity contribution < 1.29 is 67.0 Å². The van der Waals surface area contributed by atoms with Crippen molar-refractivity contribution in [2.75, 3.05) is 6.61 Å². The molecule has 1 aliphatic heterocycles. The quantitative estimate of drug-likeness (QED) is 0.241. The molecule has 14 heteroatoms. The summed E-state index contributed by atoms with van der Waals surface area (Å²) in [6, 6.07) is 7.91. The topological polar surface area (TPSA) is 187 Å². The van der Waals surface area contributed by atoms with Gasteiger partial charge in [0.05, 0.1) is 34.5 Å². The Bertz CT molecular complexity index is 1540. The molecule has 11 unspecified atom stereocenters. The van der Waals surface area contributed by atoms with Crippen LogP contribution in [-0.4, -0.2) is 94.9 Å². The first-order chi connectivity index (χ1) is 24.2. The van der Waals surface area contributed by atoms with E-state index in [9.17, 15) is 33.9 Å². The molecule has 2 saturated carbocycles. The van der Waals surface area contributed by atoms with Crippen molar-refractivity contribution in [3.8, 4) is 0 Å². The molecule has 11 atom stereocenters. The first-order valence-corrected chi connectivity index (χ1v) is 17.8. The van der Waals surface area contributed by atoms with E-state index in [1.54, 1.807) is 59.7 Å². The van der Waals surface area contributed by atoms with Crippen LogP contribution < -0.4 is 0 Å². The molecule has 1 spiro atoms. The third-order valence-electron chi connectivity index (χ3n) is 10.9. The fraction of sp³-hybridized carbons (Fsp3) is 0.684. The summed E-state index contributed by atoms with van der Waals surface area (Å²) in [4.78, 5) is 80.3. The monoisotopic (exact) mass is 732 g/mol. The van der Waals surface area contributed by atoms with Gasteiger partial charge in [0.1, 0.15) is 30.3 Å². The zero-order valence-electron chi connectivity index (χ0n) is 31.6. The highest BCUT2D eigenvalue weighted by Crippen LogP contribution is 2.69. The summed E-state index contributed by atoms with van der Waals surface area (Å²) in [6.45, 7) is 14.1. The molecule has 3 fully saturated rings. The number of rotatable bonds is 12. The largest absolute Gasteiger partial charge is 0.464 e. The summed E-state index contributed by atoms with van der Waals surface area (Å²) >= 11 is 0. The Morgan fingerprint density at radius 2 is 1.31 bits per heavy atom. The van der Waals surface area contributed by atoms with Crippen LogP contribution in [0.3, 0.4) is 0 Å². The minimum absolute atomic E-state index is 0.0908. The molecule has 0 aromatic heterocycles. The van der Waals surface area contributed by atoms with E-state index in [2.05, 4.69) is 0 Å². The van der Waals surface area contributed by atoms with E-state index in [1.165, 1.54) is 19.1 Å². The molecule has 288 valence electrons. The number of ether oxygens (including phenoxy) is 7. The highest BCUT2D eigenvalue weighted by Gasteiger charge is 2.89.